The summed E-state index contributed by atoms with van der Waals surface area (Å²) in [6.07, 6.45) is 2.97. The van der Waals surface area contributed by atoms with Gasteiger partial charge in [-0.15, -0.1) is 0 Å². The molecule has 3 heteroatoms. The first-order valence-electron chi connectivity index (χ1n) is 5.40. The maximum atomic E-state index is 10.7. The minimum absolute atomic E-state index is 0.251. The first-order valence-corrected chi connectivity index (χ1v) is 5.40. The van der Waals surface area contributed by atoms with E-state index >= 15 is 0 Å². The third-order valence-corrected chi connectivity index (χ3v) is 2.56. The van der Waals surface area contributed by atoms with Crippen LogP contribution in [-0.4, -0.2) is 17.6 Å². The van der Waals surface area contributed by atoms with Crippen molar-refractivity contribution in [3.05, 3.63) is 0 Å². The number of nitrogens with two attached hydrogens (primary N) is 1. The average molecular weight is 201 g/mol. The fourth-order valence-electron chi connectivity index (χ4n) is 1.52. The summed E-state index contributed by atoms with van der Waals surface area (Å²) in [6.45, 7) is 6.73. The van der Waals surface area contributed by atoms with Crippen LogP contribution in [0.15, 0.2) is 0 Å². The zero-order valence-corrected chi connectivity index (χ0v) is 9.49. The second-order valence-electron chi connectivity index (χ2n) is 4.58. The van der Waals surface area contributed by atoms with Gasteiger partial charge in [-0.25, -0.2) is 0 Å². The second-order valence-corrected chi connectivity index (χ2v) is 4.58. The molecule has 0 saturated carbocycles. The number of carbonyl (C=O) groups is 1. The first-order chi connectivity index (χ1) is 6.47. The summed E-state index contributed by atoms with van der Waals surface area (Å²) in [7, 11) is 0. The summed E-state index contributed by atoms with van der Waals surface area (Å²) in [5.74, 6) is 0.0294. The Morgan fingerprint density at radius 3 is 2.21 bits per heavy atom. The number of carboxylic acid groups (broad SMARTS) is 1. The number of carboxylic acids is 1. The number of rotatable bonds is 7. The molecule has 0 heterocycles. The highest BCUT2D eigenvalue weighted by atomic mass is 16.4. The SMILES string of the molecule is CC(C)CCC(C)CC(CN)C(=O)O. The van der Waals surface area contributed by atoms with Gasteiger partial charge in [-0.3, -0.25) is 4.79 Å². The van der Waals surface area contributed by atoms with Gasteiger partial charge in [-0.1, -0.05) is 33.6 Å². The van der Waals surface area contributed by atoms with Crippen molar-refractivity contribution < 1.29 is 9.90 Å². The summed E-state index contributed by atoms with van der Waals surface area (Å²) in [5.41, 5.74) is 5.40. The van der Waals surface area contributed by atoms with Gasteiger partial charge in [0, 0.05) is 6.54 Å². The lowest BCUT2D eigenvalue weighted by Gasteiger charge is -2.16. The molecule has 3 nitrogen and oxygen atoms in total. The van der Waals surface area contributed by atoms with Gasteiger partial charge < -0.3 is 10.8 Å². The molecule has 84 valence electrons. The van der Waals surface area contributed by atoms with Gasteiger partial charge in [0.1, 0.15) is 0 Å². The Morgan fingerprint density at radius 2 is 1.86 bits per heavy atom. The standard InChI is InChI=1S/C11H23NO2/c1-8(2)4-5-9(3)6-10(7-12)11(13)14/h8-10H,4-7,12H2,1-3H3,(H,13,14). The fourth-order valence-corrected chi connectivity index (χ4v) is 1.52. The Labute approximate surface area is 86.7 Å². The van der Waals surface area contributed by atoms with Gasteiger partial charge in [-0.05, 0) is 18.3 Å². The third kappa shape index (κ3) is 5.97. The van der Waals surface area contributed by atoms with E-state index < -0.39 is 5.97 Å². The zero-order chi connectivity index (χ0) is 11.1. The van der Waals surface area contributed by atoms with Crippen molar-refractivity contribution in [3.8, 4) is 0 Å². The molecule has 0 radical (unpaired) electrons. The van der Waals surface area contributed by atoms with Crippen molar-refractivity contribution in [2.24, 2.45) is 23.5 Å². The van der Waals surface area contributed by atoms with E-state index in [1.54, 1.807) is 0 Å². The van der Waals surface area contributed by atoms with Crippen molar-refractivity contribution in [1.82, 2.24) is 0 Å². The number of hydrogen-bond donors (Lipinski definition) is 2. The summed E-state index contributed by atoms with van der Waals surface area (Å²) >= 11 is 0. The van der Waals surface area contributed by atoms with Crippen LogP contribution in [-0.2, 0) is 4.79 Å². The highest BCUT2D eigenvalue weighted by molar-refractivity contribution is 5.70. The number of hydrogen-bond acceptors (Lipinski definition) is 2. The topological polar surface area (TPSA) is 63.3 Å². The molecule has 0 aromatic rings. The van der Waals surface area contributed by atoms with Gasteiger partial charge in [0.25, 0.3) is 0 Å². The molecule has 2 atom stereocenters. The largest absolute Gasteiger partial charge is 0.481 e. The lowest BCUT2D eigenvalue weighted by atomic mass is 9.90. The van der Waals surface area contributed by atoms with Crippen molar-refractivity contribution >= 4 is 5.97 Å². The maximum Gasteiger partial charge on any atom is 0.307 e. The summed E-state index contributed by atoms with van der Waals surface area (Å²) in [4.78, 5) is 10.7. The molecule has 0 rings (SSSR count). The van der Waals surface area contributed by atoms with Crippen LogP contribution in [0.2, 0.25) is 0 Å². The smallest absolute Gasteiger partial charge is 0.307 e. The van der Waals surface area contributed by atoms with Crippen LogP contribution in [0.1, 0.15) is 40.0 Å². The first kappa shape index (κ1) is 13.4. The Kier molecular flexibility index (Phi) is 6.54. The maximum absolute atomic E-state index is 10.7. The van der Waals surface area contributed by atoms with E-state index in [0.29, 0.717) is 18.3 Å². The molecular formula is C11H23NO2. The van der Waals surface area contributed by atoms with Gasteiger partial charge in [0.15, 0.2) is 0 Å². The highest BCUT2D eigenvalue weighted by Crippen LogP contribution is 2.19. The molecular weight excluding hydrogens is 178 g/mol. The van der Waals surface area contributed by atoms with Crippen molar-refractivity contribution in [2.75, 3.05) is 6.54 Å². The molecule has 0 aliphatic carbocycles. The minimum Gasteiger partial charge on any atom is -0.481 e. The molecule has 0 spiro atoms. The molecule has 0 aromatic heterocycles. The van der Waals surface area contributed by atoms with E-state index in [1.165, 1.54) is 0 Å². The predicted octanol–water partition coefficient (Wildman–Crippen LogP) is 2.11. The molecule has 0 aliphatic heterocycles. The van der Waals surface area contributed by atoms with E-state index in [9.17, 15) is 4.79 Å². The van der Waals surface area contributed by atoms with Gasteiger partial charge in [0.05, 0.1) is 5.92 Å². The molecule has 0 aromatic carbocycles. The van der Waals surface area contributed by atoms with E-state index in [0.717, 1.165) is 12.8 Å². The molecule has 0 aliphatic rings. The Balaban J connectivity index is 3.79. The summed E-state index contributed by atoms with van der Waals surface area (Å²) < 4.78 is 0. The van der Waals surface area contributed by atoms with Gasteiger partial charge >= 0.3 is 5.97 Å². The van der Waals surface area contributed by atoms with Crippen LogP contribution >= 0.6 is 0 Å². The zero-order valence-electron chi connectivity index (χ0n) is 9.49. The van der Waals surface area contributed by atoms with E-state index in [2.05, 4.69) is 20.8 Å². The van der Waals surface area contributed by atoms with Crippen LogP contribution in [0.3, 0.4) is 0 Å². The fraction of sp³-hybridized carbons (Fsp3) is 0.909. The Morgan fingerprint density at radius 1 is 1.29 bits per heavy atom. The van der Waals surface area contributed by atoms with Crippen LogP contribution in [0.4, 0.5) is 0 Å². The second kappa shape index (κ2) is 6.82. The van der Waals surface area contributed by atoms with Crippen molar-refractivity contribution in [3.63, 3.8) is 0 Å². The van der Waals surface area contributed by atoms with Gasteiger partial charge in [-0.2, -0.15) is 0 Å². The third-order valence-electron chi connectivity index (χ3n) is 2.56. The predicted molar refractivity (Wildman–Crippen MR) is 58.0 cm³/mol. The van der Waals surface area contributed by atoms with Crippen molar-refractivity contribution in [2.45, 2.75) is 40.0 Å². The van der Waals surface area contributed by atoms with Crippen LogP contribution in [0, 0.1) is 17.8 Å². The lowest BCUT2D eigenvalue weighted by Crippen LogP contribution is -2.25. The minimum atomic E-state index is -0.760. The molecule has 0 amide bonds. The normalized spacial score (nSPS) is 15.5. The van der Waals surface area contributed by atoms with Crippen molar-refractivity contribution in [1.29, 1.82) is 0 Å². The summed E-state index contributed by atoms with van der Waals surface area (Å²) in [5, 5.41) is 8.82. The summed E-state index contributed by atoms with van der Waals surface area (Å²) in [6, 6.07) is 0. The lowest BCUT2D eigenvalue weighted by molar-refractivity contribution is -0.141. The van der Waals surface area contributed by atoms with E-state index in [-0.39, 0.29) is 12.5 Å². The average Bonchev–Trinajstić information content (AvgIpc) is 2.10. The number of aliphatic carboxylic acids is 1. The molecule has 2 unspecified atom stereocenters. The molecule has 0 fully saturated rings. The highest BCUT2D eigenvalue weighted by Gasteiger charge is 2.18. The Bertz CT molecular complexity index is 169. The van der Waals surface area contributed by atoms with Crippen LogP contribution in [0.25, 0.3) is 0 Å². The molecule has 0 saturated heterocycles. The van der Waals surface area contributed by atoms with E-state index in [1.807, 2.05) is 0 Å². The quantitative estimate of drug-likeness (QED) is 0.663. The molecule has 3 N–H and O–H groups in total. The van der Waals surface area contributed by atoms with Gasteiger partial charge in [0.2, 0.25) is 0 Å². The van der Waals surface area contributed by atoms with E-state index in [4.69, 9.17) is 10.8 Å². The molecule has 14 heavy (non-hydrogen) atoms. The Hall–Kier alpha value is -0.570. The monoisotopic (exact) mass is 201 g/mol. The van der Waals surface area contributed by atoms with Crippen LogP contribution < -0.4 is 5.73 Å². The van der Waals surface area contributed by atoms with Crippen LogP contribution in [0.5, 0.6) is 0 Å². The molecule has 0 bridgehead atoms.